The Morgan fingerprint density at radius 2 is 1.81 bits per heavy atom. The molecule has 2 aromatic carbocycles. The van der Waals surface area contributed by atoms with Crippen molar-refractivity contribution in [1.29, 1.82) is 0 Å². The van der Waals surface area contributed by atoms with Crippen LogP contribution in [0.15, 0.2) is 48.5 Å². The summed E-state index contributed by atoms with van der Waals surface area (Å²) in [6.45, 7) is 0.0755. The van der Waals surface area contributed by atoms with Crippen LogP contribution >= 0.6 is 0 Å². The lowest BCUT2D eigenvalue weighted by Crippen LogP contribution is -2.34. The Morgan fingerprint density at radius 1 is 1.15 bits per heavy atom. The third kappa shape index (κ3) is 3.98. The number of carbonyl (C=O) groups excluding carboxylic acids is 3. The minimum absolute atomic E-state index is 0.0516. The Bertz CT molecular complexity index is 846. The summed E-state index contributed by atoms with van der Waals surface area (Å²) in [7, 11) is 1.29. The van der Waals surface area contributed by atoms with Gasteiger partial charge in [0, 0.05) is 12.3 Å². The van der Waals surface area contributed by atoms with Gasteiger partial charge >= 0.3 is 5.97 Å². The zero-order chi connectivity index (χ0) is 19.4. The summed E-state index contributed by atoms with van der Waals surface area (Å²) >= 11 is 0. The van der Waals surface area contributed by atoms with Crippen LogP contribution in [0, 0.1) is 0 Å². The minimum atomic E-state index is -0.651. The van der Waals surface area contributed by atoms with Crippen LogP contribution in [-0.2, 0) is 20.7 Å². The molecular formula is C20H20N2O5. The van der Waals surface area contributed by atoms with E-state index in [-0.39, 0.29) is 24.8 Å². The van der Waals surface area contributed by atoms with Gasteiger partial charge in [0.15, 0.2) is 0 Å². The quantitative estimate of drug-likeness (QED) is 0.596. The molecular weight excluding hydrogens is 348 g/mol. The number of nitrogens with zero attached hydrogens (tertiary/aromatic N) is 1. The normalized spacial score (nSPS) is 16.5. The molecule has 1 atom stereocenters. The summed E-state index contributed by atoms with van der Waals surface area (Å²) in [4.78, 5) is 37.7. The second-order valence-electron chi connectivity index (χ2n) is 6.18. The first-order valence-corrected chi connectivity index (χ1v) is 8.55. The van der Waals surface area contributed by atoms with E-state index < -0.39 is 12.0 Å². The van der Waals surface area contributed by atoms with E-state index >= 15 is 0 Å². The number of amides is 2. The average Bonchev–Trinajstić information content (AvgIpc) is 2.96. The van der Waals surface area contributed by atoms with Gasteiger partial charge in [-0.3, -0.25) is 9.59 Å². The molecule has 0 spiro atoms. The predicted molar refractivity (Wildman–Crippen MR) is 99.5 cm³/mol. The Hall–Kier alpha value is -3.19. The molecule has 0 saturated carbocycles. The molecule has 1 aliphatic heterocycles. The first-order chi connectivity index (χ1) is 13.0. The molecule has 2 aromatic rings. The van der Waals surface area contributed by atoms with Crippen LogP contribution in [-0.4, -0.2) is 42.6 Å². The maximum absolute atomic E-state index is 12.7. The fourth-order valence-corrected chi connectivity index (χ4v) is 2.98. The Kier molecular flexibility index (Phi) is 5.52. The SMILES string of the molecule is COC(=O)c1ccc(N2C(=O)CC(Nc3ccc(CCO)cc3)C2=O)cc1. The standard InChI is InChI=1S/C20H20N2O5/c1-27-20(26)14-4-8-16(9-5-14)22-18(24)12-17(19(22)25)21-15-6-2-13(3-7-15)10-11-23/h2-9,17,21,23H,10-12H2,1H3. The lowest BCUT2D eigenvalue weighted by atomic mass is 10.1. The zero-order valence-electron chi connectivity index (χ0n) is 14.8. The number of methoxy groups -OCH3 is 1. The molecule has 1 unspecified atom stereocenters. The molecule has 0 radical (unpaired) electrons. The highest BCUT2D eigenvalue weighted by atomic mass is 16.5. The minimum Gasteiger partial charge on any atom is -0.465 e. The van der Waals surface area contributed by atoms with Crippen molar-refractivity contribution < 1.29 is 24.2 Å². The zero-order valence-corrected chi connectivity index (χ0v) is 14.8. The molecule has 0 aliphatic carbocycles. The molecule has 0 bridgehead atoms. The fourth-order valence-electron chi connectivity index (χ4n) is 2.98. The summed E-state index contributed by atoms with van der Waals surface area (Å²) in [6, 6.07) is 12.8. The van der Waals surface area contributed by atoms with Crippen LogP contribution in [0.25, 0.3) is 0 Å². The molecule has 2 N–H and O–H groups in total. The Morgan fingerprint density at radius 3 is 2.41 bits per heavy atom. The number of nitrogens with one attached hydrogen (secondary N) is 1. The number of anilines is 2. The van der Waals surface area contributed by atoms with E-state index in [1.807, 2.05) is 24.3 Å². The second kappa shape index (κ2) is 8.01. The topological polar surface area (TPSA) is 95.9 Å². The van der Waals surface area contributed by atoms with E-state index in [9.17, 15) is 14.4 Å². The highest BCUT2D eigenvalue weighted by molar-refractivity contribution is 6.23. The Labute approximate surface area is 156 Å². The summed E-state index contributed by atoms with van der Waals surface area (Å²) in [6.07, 6.45) is 0.618. The number of carbonyl (C=O) groups is 3. The van der Waals surface area contributed by atoms with Gasteiger partial charge in [0.05, 0.1) is 24.8 Å². The maximum Gasteiger partial charge on any atom is 0.337 e. The summed E-state index contributed by atoms with van der Waals surface area (Å²) in [5.41, 5.74) is 2.48. The van der Waals surface area contributed by atoms with Crippen LogP contribution in [0.2, 0.25) is 0 Å². The van der Waals surface area contributed by atoms with Crippen molar-refractivity contribution in [3.8, 4) is 0 Å². The Balaban J connectivity index is 1.72. The van der Waals surface area contributed by atoms with Gasteiger partial charge in [-0.25, -0.2) is 9.69 Å². The monoisotopic (exact) mass is 368 g/mol. The highest BCUT2D eigenvalue weighted by Crippen LogP contribution is 2.25. The van der Waals surface area contributed by atoms with Crippen LogP contribution in [0.1, 0.15) is 22.3 Å². The summed E-state index contributed by atoms with van der Waals surface area (Å²) in [5.74, 6) is -1.13. The van der Waals surface area contributed by atoms with E-state index in [2.05, 4.69) is 10.1 Å². The van der Waals surface area contributed by atoms with Gasteiger partial charge in [-0.05, 0) is 48.4 Å². The van der Waals surface area contributed by atoms with Crippen LogP contribution in [0.3, 0.4) is 0 Å². The van der Waals surface area contributed by atoms with Crippen molar-refractivity contribution in [3.63, 3.8) is 0 Å². The molecule has 1 aliphatic rings. The maximum atomic E-state index is 12.7. The van der Waals surface area contributed by atoms with Crippen LogP contribution in [0.5, 0.6) is 0 Å². The molecule has 1 saturated heterocycles. The van der Waals surface area contributed by atoms with Gasteiger partial charge in [0.2, 0.25) is 5.91 Å². The third-order valence-electron chi connectivity index (χ3n) is 4.39. The number of imide groups is 1. The number of benzene rings is 2. The van der Waals surface area contributed by atoms with Crippen LogP contribution in [0.4, 0.5) is 11.4 Å². The smallest absolute Gasteiger partial charge is 0.337 e. The lowest BCUT2D eigenvalue weighted by Gasteiger charge is -2.16. The molecule has 7 nitrogen and oxygen atoms in total. The van der Waals surface area contributed by atoms with Crippen molar-refractivity contribution in [2.24, 2.45) is 0 Å². The fraction of sp³-hybridized carbons (Fsp3) is 0.250. The van der Waals surface area contributed by atoms with Crippen molar-refractivity contribution in [3.05, 3.63) is 59.7 Å². The van der Waals surface area contributed by atoms with Crippen molar-refractivity contribution >= 4 is 29.2 Å². The molecule has 2 amide bonds. The first kappa shape index (κ1) is 18.6. The van der Waals surface area contributed by atoms with E-state index in [1.54, 1.807) is 12.1 Å². The molecule has 0 aromatic heterocycles. The predicted octanol–water partition coefficient (Wildman–Crippen LogP) is 1.75. The van der Waals surface area contributed by atoms with E-state index in [0.717, 1.165) is 16.2 Å². The number of hydrogen-bond acceptors (Lipinski definition) is 6. The van der Waals surface area contributed by atoms with E-state index in [0.29, 0.717) is 17.7 Å². The molecule has 27 heavy (non-hydrogen) atoms. The second-order valence-corrected chi connectivity index (χ2v) is 6.18. The van der Waals surface area contributed by atoms with E-state index in [4.69, 9.17) is 5.11 Å². The highest BCUT2D eigenvalue weighted by Gasteiger charge is 2.39. The number of ether oxygens (including phenoxy) is 1. The summed E-state index contributed by atoms with van der Waals surface area (Å²) in [5, 5.41) is 12.0. The number of esters is 1. The van der Waals surface area contributed by atoms with Gasteiger partial charge in [-0.2, -0.15) is 0 Å². The van der Waals surface area contributed by atoms with Gasteiger partial charge in [-0.15, -0.1) is 0 Å². The van der Waals surface area contributed by atoms with Crippen molar-refractivity contribution in [2.75, 3.05) is 23.9 Å². The number of hydrogen-bond donors (Lipinski definition) is 2. The first-order valence-electron chi connectivity index (χ1n) is 8.55. The number of aliphatic hydroxyl groups is 1. The van der Waals surface area contributed by atoms with Gasteiger partial charge in [0.1, 0.15) is 6.04 Å². The number of aliphatic hydroxyl groups excluding tert-OH is 1. The molecule has 3 rings (SSSR count). The van der Waals surface area contributed by atoms with Crippen molar-refractivity contribution in [1.82, 2.24) is 0 Å². The third-order valence-corrected chi connectivity index (χ3v) is 4.39. The average molecular weight is 368 g/mol. The number of rotatable bonds is 6. The molecule has 140 valence electrons. The molecule has 1 heterocycles. The van der Waals surface area contributed by atoms with Gasteiger partial charge < -0.3 is 15.2 Å². The van der Waals surface area contributed by atoms with E-state index in [1.165, 1.54) is 19.2 Å². The molecule has 7 heteroatoms. The summed E-state index contributed by atoms with van der Waals surface area (Å²) < 4.78 is 4.64. The van der Waals surface area contributed by atoms with Gasteiger partial charge in [0.25, 0.3) is 5.91 Å². The van der Waals surface area contributed by atoms with Crippen molar-refractivity contribution in [2.45, 2.75) is 18.9 Å². The lowest BCUT2D eigenvalue weighted by molar-refractivity contribution is -0.121. The molecule has 1 fully saturated rings. The van der Waals surface area contributed by atoms with Crippen LogP contribution < -0.4 is 10.2 Å². The van der Waals surface area contributed by atoms with Gasteiger partial charge in [-0.1, -0.05) is 12.1 Å². The largest absolute Gasteiger partial charge is 0.465 e.